The summed E-state index contributed by atoms with van der Waals surface area (Å²) in [7, 11) is 0. The molecule has 6 N–H and O–H groups in total. The largest absolute Gasteiger partial charge is 0.394 e. The van der Waals surface area contributed by atoms with E-state index in [1.807, 2.05) is 19.9 Å². The molecule has 0 bridgehead atoms. The molecular formula is C57H105NO9. The van der Waals surface area contributed by atoms with Crippen LogP contribution >= 0.6 is 0 Å². The molecule has 0 radical (unpaired) electrons. The van der Waals surface area contributed by atoms with Gasteiger partial charge in [-0.1, -0.05) is 205 Å². The standard InChI is InChI=1S/C57H105NO9/c1-5-7-9-11-13-15-20-26-32-45-40-47(45)34-28-22-17-18-24-31-37-51(61)56(64)58-49(43-66-57-55(65-39-38-44(3)4)54(63)53(62)52(42-59)67-57)50(60)36-30-25-19-23-29-35-48-41-46(48)33-27-21-16-14-12-10-8-6-2/h18,24,38,45-55,57,59-63H,5-17,19-23,25-37,39-43H2,1-4H3,(H,58,64)/b24-18-/t45-,46-,47-,48-,49-,50+,51+,52+,53-,54-,55+,57+/m0/s1. The molecule has 1 saturated heterocycles. The van der Waals surface area contributed by atoms with E-state index < -0.39 is 61.5 Å². The molecule has 2 saturated carbocycles. The number of aliphatic hydroxyl groups is 5. The van der Waals surface area contributed by atoms with Crippen LogP contribution in [-0.4, -0.2) is 100 Å². The van der Waals surface area contributed by atoms with Gasteiger partial charge in [0.2, 0.25) is 5.91 Å². The molecule has 3 fully saturated rings. The molecule has 0 aromatic heterocycles. The van der Waals surface area contributed by atoms with Crippen LogP contribution in [0.3, 0.4) is 0 Å². The maximum Gasteiger partial charge on any atom is 0.249 e. The lowest BCUT2D eigenvalue weighted by Crippen LogP contribution is -2.61. The summed E-state index contributed by atoms with van der Waals surface area (Å²) >= 11 is 0. The van der Waals surface area contributed by atoms with E-state index >= 15 is 0 Å². The van der Waals surface area contributed by atoms with Crippen LogP contribution in [-0.2, 0) is 19.0 Å². The van der Waals surface area contributed by atoms with Crippen LogP contribution in [0.1, 0.15) is 240 Å². The van der Waals surface area contributed by atoms with Gasteiger partial charge in [-0.15, -0.1) is 0 Å². The van der Waals surface area contributed by atoms with Crippen LogP contribution in [0.4, 0.5) is 0 Å². The Kier molecular flexibility index (Phi) is 33.5. The molecule has 0 unspecified atom stereocenters. The molecule has 12 atom stereocenters. The zero-order valence-corrected chi connectivity index (χ0v) is 43.5. The minimum absolute atomic E-state index is 0.147. The Morgan fingerprint density at radius 3 is 1.61 bits per heavy atom. The van der Waals surface area contributed by atoms with E-state index in [0.29, 0.717) is 12.8 Å². The number of allylic oxidation sites excluding steroid dienone is 3. The van der Waals surface area contributed by atoms with Gasteiger partial charge in [0.05, 0.1) is 32.0 Å². The van der Waals surface area contributed by atoms with Crippen molar-refractivity contribution >= 4 is 5.91 Å². The predicted molar refractivity (Wildman–Crippen MR) is 274 cm³/mol. The van der Waals surface area contributed by atoms with E-state index in [4.69, 9.17) is 14.2 Å². The highest BCUT2D eigenvalue weighted by atomic mass is 16.7. The average Bonchev–Trinajstić information content (AvgIpc) is 4.25. The summed E-state index contributed by atoms with van der Waals surface area (Å²) in [6.45, 7) is 7.82. The number of carbonyl (C=O) groups is 1. The van der Waals surface area contributed by atoms with Crippen molar-refractivity contribution in [3.63, 3.8) is 0 Å². The first-order valence-corrected chi connectivity index (χ1v) is 28.4. The molecule has 10 nitrogen and oxygen atoms in total. The molecule has 392 valence electrons. The van der Waals surface area contributed by atoms with Crippen molar-refractivity contribution in [2.45, 2.75) is 289 Å². The van der Waals surface area contributed by atoms with Crippen molar-refractivity contribution in [2.75, 3.05) is 19.8 Å². The topological polar surface area (TPSA) is 158 Å². The quantitative estimate of drug-likeness (QED) is 0.0258. The van der Waals surface area contributed by atoms with Crippen LogP contribution in [0.2, 0.25) is 0 Å². The summed E-state index contributed by atoms with van der Waals surface area (Å²) in [6.07, 6.45) is 38.3. The van der Waals surface area contributed by atoms with Gasteiger partial charge >= 0.3 is 0 Å². The van der Waals surface area contributed by atoms with Crippen molar-refractivity contribution in [2.24, 2.45) is 23.7 Å². The van der Waals surface area contributed by atoms with Gasteiger partial charge < -0.3 is 45.1 Å². The Hall–Kier alpha value is -1.37. The second-order valence-electron chi connectivity index (χ2n) is 21.5. The SMILES string of the molecule is CCCCCCCCCC[C@H]1C[C@@H]1CCCC/C=C\CC[C@@H](O)C(=O)N[C@@H](CO[C@@H]1O[C@H](CO)[C@H](O)[C@H](O)[C@H]1OCC=C(C)C)[C@H](O)CCCCCCC[C@H]1C[C@@H]1CCCCCCCCCC. The van der Waals surface area contributed by atoms with Gasteiger partial charge in [0, 0.05) is 0 Å². The van der Waals surface area contributed by atoms with Gasteiger partial charge in [0.1, 0.15) is 30.5 Å². The lowest BCUT2D eigenvalue weighted by atomic mass is 9.99. The van der Waals surface area contributed by atoms with E-state index in [1.165, 1.54) is 167 Å². The van der Waals surface area contributed by atoms with Crippen molar-refractivity contribution in [3.8, 4) is 0 Å². The molecule has 1 heterocycles. The predicted octanol–water partition coefficient (Wildman–Crippen LogP) is 12.0. The number of nitrogens with one attached hydrogen (secondary N) is 1. The molecule has 3 aliphatic rings. The Morgan fingerprint density at radius 1 is 0.627 bits per heavy atom. The van der Waals surface area contributed by atoms with Crippen molar-refractivity contribution in [3.05, 3.63) is 23.8 Å². The first-order valence-electron chi connectivity index (χ1n) is 28.4. The summed E-state index contributed by atoms with van der Waals surface area (Å²) in [4.78, 5) is 13.4. The fraction of sp³-hybridized carbons (Fsp3) is 0.912. The van der Waals surface area contributed by atoms with E-state index in [-0.39, 0.29) is 19.6 Å². The highest BCUT2D eigenvalue weighted by molar-refractivity contribution is 5.80. The number of aliphatic hydroxyl groups excluding tert-OH is 5. The number of ether oxygens (including phenoxy) is 3. The molecule has 0 spiro atoms. The number of carbonyl (C=O) groups excluding carboxylic acids is 1. The summed E-state index contributed by atoms with van der Waals surface area (Å²) in [6, 6.07) is -0.865. The minimum Gasteiger partial charge on any atom is -0.394 e. The summed E-state index contributed by atoms with van der Waals surface area (Å²) < 4.78 is 17.9. The first-order chi connectivity index (χ1) is 32.6. The van der Waals surface area contributed by atoms with E-state index in [9.17, 15) is 30.3 Å². The van der Waals surface area contributed by atoms with Gasteiger partial charge in [-0.2, -0.15) is 0 Å². The van der Waals surface area contributed by atoms with Gasteiger partial charge in [-0.3, -0.25) is 4.79 Å². The minimum atomic E-state index is -1.39. The highest BCUT2D eigenvalue weighted by Gasteiger charge is 2.46. The summed E-state index contributed by atoms with van der Waals surface area (Å²) in [5.74, 6) is 3.21. The number of unbranched alkanes of at least 4 members (excludes halogenated alkanes) is 20. The number of rotatable bonds is 44. The number of hydrogen-bond acceptors (Lipinski definition) is 9. The van der Waals surface area contributed by atoms with Gasteiger partial charge in [-0.05, 0) is 82.5 Å². The van der Waals surface area contributed by atoms with Crippen LogP contribution < -0.4 is 5.32 Å². The fourth-order valence-corrected chi connectivity index (χ4v) is 10.3. The van der Waals surface area contributed by atoms with Crippen LogP contribution in [0.5, 0.6) is 0 Å². The van der Waals surface area contributed by atoms with Gasteiger partial charge in [0.25, 0.3) is 0 Å². The van der Waals surface area contributed by atoms with Crippen molar-refractivity contribution in [1.29, 1.82) is 0 Å². The third-order valence-electron chi connectivity index (χ3n) is 15.2. The van der Waals surface area contributed by atoms with E-state index in [2.05, 4.69) is 31.3 Å². The zero-order chi connectivity index (χ0) is 48.5. The van der Waals surface area contributed by atoms with Gasteiger partial charge in [-0.25, -0.2) is 0 Å². The third-order valence-corrected chi connectivity index (χ3v) is 15.2. The lowest BCUT2D eigenvalue weighted by molar-refractivity contribution is -0.310. The van der Waals surface area contributed by atoms with Crippen LogP contribution in [0.25, 0.3) is 0 Å². The molecular weight excluding hydrogens is 843 g/mol. The molecule has 0 aromatic rings. The Labute approximate surface area is 410 Å². The normalized spacial score (nSPS) is 26.1. The number of amides is 1. The molecule has 10 heteroatoms. The smallest absolute Gasteiger partial charge is 0.249 e. The Bertz CT molecular complexity index is 1280. The van der Waals surface area contributed by atoms with E-state index in [0.717, 1.165) is 54.9 Å². The van der Waals surface area contributed by atoms with Crippen LogP contribution in [0, 0.1) is 23.7 Å². The molecule has 1 aliphatic heterocycles. The highest BCUT2D eigenvalue weighted by Crippen LogP contribution is 2.46. The maximum atomic E-state index is 13.4. The fourth-order valence-electron chi connectivity index (χ4n) is 10.3. The molecule has 67 heavy (non-hydrogen) atoms. The molecule has 0 aromatic carbocycles. The number of hydrogen-bond donors (Lipinski definition) is 6. The van der Waals surface area contributed by atoms with Crippen LogP contribution in [0.15, 0.2) is 23.8 Å². The summed E-state index contributed by atoms with van der Waals surface area (Å²) in [5.41, 5.74) is 1.01. The maximum absolute atomic E-state index is 13.4. The second-order valence-corrected chi connectivity index (χ2v) is 21.5. The zero-order valence-electron chi connectivity index (χ0n) is 43.5. The Morgan fingerprint density at radius 2 is 1.10 bits per heavy atom. The molecule has 3 rings (SSSR count). The Balaban J connectivity index is 1.37. The van der Waals surface area contributed by atoms with Gasteiger partial charge in [0.15, 0.2) is 6.29 Å². The average molecular weight is 948 g/mol. The summed E-state index contributed by atoms with van der Waals surface area (Å²) in [5, 5.41) is 56.6. The second kappa shape index (κ2) is 37.4. The van der Waals surface area contributed by atoms with Crippen molar-refractivity contribution in [1.82, 2.24) is 5.32 Å². The third kappa shape index (κ3) is 27.2. The first kappa shape index (κ1) is 59.9. The lowest BCUT2D eigenvalue weighted by Gasteiger charge is -2.42. The molecule has 2 aliphatic carbocycles. The van der Waals surface area contributed by atoms with E-state index in [1.54, 1.807) is 0 Å². The monoisotopic (exact) mass is 948 g/mol. The molecule has 1 amide bonds. The van der Waals surface area contributed by atoms with Crippen molar-refractivity contribution < 1.29 is 44.5 Å².